The maximum absolute atomic E-state index is 11.4. The molecule has 0 saturated carbocycles. The van der Waals surface area contributed by atoms with Gasteiger partial charge in [0.05, 0.1) is 6.54 Å². The third-order valence-electron chi connectivity index (χ3n) is 2.06. The number of piperazine rings is 1. The van der Waals surface area contributed by atoms with E-state index in [-0.39, 0.29) is 30.7 Å². The molecule has 1 saturated heterocycles. The Hall–Kier alpha value is -0.840. The Bertz CT molecular complexity index is 307. The molecule has 6 heteroatoms. The van der Waals surface area contributed by atoms with E-state index in [4.69, 9.17) is 0 Å². The van der Waals surface area contributed by atoms with E-state index in [9.17, 15) is 4.79 Å². The van der Waals surface area contributed by atoms with Crippen LogP contribution in [-0.4, -0.2) is 30.5 Å². The maximum Gasteiger partial charge on any atom is 0.240 e. The molecule has 0 unspecified atom stereocenters. The zero-order valence-electron chi connectivity index (χ0n) is 8.05. The predicted octanol–water partition coefficient (Wildman–Crippen LogP) is 0.861. The van der Waals surface area contributed by atoms with E-state index in [0.717, 1.165) is 18.8 Å². The Morgan fingerprint density at radius 1 is 1.27 bits per heavy atom. The van der Waals surface area contributed by atoms with Gasteiger partial charge in [-0.25, -0.2) is 0 Å². The molecule has 1 aliphatic rings. The van der Waals surface area contributed by atoms with Crippen LogP contribution < -0.4 is 10.2 Å². The summed E-state index contributed by atoms with van der Waals surface area (Å²) in [5, 5.41) is 3.03. The van der Waals surface area contributed by atoms with E-state index in [1.165, 1.54) is 0 Å². The summed E-state index contributed by atoms with van der Waals surface area (Å²) in [6, 6.07) is 3.70. The van der Waals surface area contributed by atoms with Gasteiger partial charge in [0.1, 0.15) is 0 Å². The van der Waals surface area contributed by atoms with Gasteiger partial charge in [0.2, 0.25) is 5.91 Å². The van der Waals surface area contributed by atoms with Crippen molar-refractivity contribution >= 4 is 36.4 Å². The van der Waals surface area contributed by atoms with Gasteiger partial charge in [0.15, 0.2) is 0 Å². The molecule has 0 radical (unpaired) electrons. The van der Waals surface area contributed by atoms with Crippen LogP contribution >= 0.6 is 24.8 Å². The summed E-state index contributed by atoms with van der Waals surface area (Å²) in [7, 11) is 0. The third-order valence-corrected chi connectivity index (χ3v) is 2.06. The maximum atomic E-state index is 11.4. The van der Waals surface area contributed by atoms with E-state index in [1.54, 1.807) is 17.3 Å². The van der Waals surface area contributed by atoms with E-state index < -0.39 is 0 Å². The van der Waals surface area contributed by atoms with Crippen LogP contribution in [-0.2, 0) is 4.79 Å². The molecule has 1 aromatic rings. The van der Waals surface area contributed by atoms with Crippen LogP contribution in [0.1, 0.15) is 0 Å². The topological polar surface area (TPSA) is 45.2 Å². The minimum absolute atomic E-state index is 0. The SMILES string of the molecule is Cl.Cl.O=C1CNCCN1c1ccncc1. The highest BCUT2D eigenvalue weighted by atomic mass is 35.5. The fraction of sp³-hybridized carbons (Fsp3) is 0.333. The number of rotatable bonds is 1. The van der Waals surface area contributed by atoms with Crippen LogP contribution in [0, 0.1) is 0 Å². The molecule has 1 aliphatic heterocycles. The first-order chi connectivity index (χ1) is 6.38. The predicted molar refractivity (Wildman–Crippen MR) is 64.0 cm³/mol. The zero-order valence-corrected chi connectivity index (χ0v) is 9.68. The number of carbonyl (C=O) groups is 1. The largest absolute Gasteiger partial charge is 0.310 e. The Morgan fingerprint density at radius 3 is 2.53 bits per heavy atom. The lowest BCUT2D eigenvalue weighted by Gasteiger charge is -2.27. The highest BCUT2D eigenvalue weighted by Crippen LogP contribution is 2.12. The number of nitrogens with one attached hydrogen (secondary N) is 1. The first kappa shape index (κ1) is 14.2. The Balaban J connectivity index is 0.000000980. The average Bonchev–Trinajstić information content (AvgIpc) is 2.20. The normalized spacial score (nSPS) is 15.2. The molecule has 2 rings (SSSR count). The minimum atomic E-state index is 0. The van der Waals surface area contributed by atoms with Crippen molar-refractivity contribution in [1.82, 2.24) is 10.3 Å². The van der Waals surface area contributed by atoms with Crippen molar-refractivity contribution in [1.29, 1.82) is 0 Å². The number of halogens is 2. The van der Waals surface area contributed by atoms with Crippen LogP contribution in [0.3, 0.4) is 0 Å². The van der Waals surface area contributed by atoms with Crippen molar-refractivity contribution in [3.63, 3.8) is 0 Å². The van der Waals surface area contributed by atoms with Gasteiger partial charge in [-0.15, -0.1) is 24.8 Å². The van der Waals surface area contributed by atoms with Crippen molar-refractivity contribution in [3.8, 4) is 0 Å². The zero-order chi connectivity index (χ0) is 9.10. The standard InChI is InChI=1S/C9H11N3O.2ClH/c13-9-7-11-5-6-12(9)8-1-3-10-4-2-8;;/h1-4,11H,5-7H2;2*1H. The quantitative estimate of drug-likeness (QED) is 0.804. The monoisotopic (exact) mass is 249 g/mol. The van der Waals surface area contributed by atoms with E-state index in [0.29, 0.717) is 6.54 Å². The first-order valence-corrected chi connectivity index (χ1v) is 4.29. The second kappa shape index (κ2) is 6.61. The molecule has 1 N–H and O–H groups in total. The summed E-state index contributed by atoms with van der Waals surface area (Å²) in [6.45, 7) is 2.03. The Labute approximate surface area is 101 Å². The van der Waals surface area contributed by atoms with Gasteiger partial charge in [0, 0.05) is 31.2 Å². The van der Waals surface area contributed by atoms with E-state index in [1.807, 2.05) is 12.1 Å². The van der Waals surface area contributed by atoms with Crippen LogP contribution in [0.5, 0.6) is 0 Å². The molecule has 0 aliphatic carbocycles. The summed E-state index contributed by atoms with van der Waals surface area (Å²) in [6.07, 6.45) is 3.40. The smallest absolute Gasteiger partial charge is 0.240 e. The van der Waals surface area contributed by atoms with Gasteiger partial charge in [0.25, 0.3) is 0 Å². The minimum Gasteiger partial charge on any atom is -0.310 e. The van der Waals surface area contributed by atoms with E-state index >= 15 is 0 Å². The molecule has 84 valence electrons. The molecule has 4 nitrogen and oxygen atoms in total. The molecule has 1 amide bonds. The number of hydrogen-bond acceptors (Lipinski definition) is 3. The fourth-order valence-corrected chi connectivity index (χ4v) is 1.40. The molecule has 15 heavy (non-hydrogen) atoms. The molecule has 1 aromatic heterocycles. The summed E-state index contributed by atoms with van der Waals surface area (Å²) >= 11 is 0. The molecule has 0 spiro atoms. The Kier molecular flexibility index (Phi) is 6.24. The van der Waals surface area contributed by atoms with Crippen molar-refractivity contribution in [2.24, 2.45) is 0 Å². The molecule has 0 aromatic carbocycles. The van der Waals surface area contributed by atoms with Crippen molar-refractivity contribution in [2.45, 2.75) is 0 Å². The molecular formula is C9H13Cl2N3O. The summed E-state index contributed by atoms with van der Waals surface area (Å²) in [4.78, 5) is 17.1. The lowest BCUT2D eigenvalue weighted by molar-refractivity contribution is -0.118. The molecule has 2 heterocycles. The third kappa shape index (κ3) is 3.34. The van der Waals surface area contributed by atoms with Crippen LogP contribution in [0.25, 0.3) is 0 Å². The van der Waals surface area contributed by atoms with Crippen molar-refractivity contribution in [2.75, 3.05) is 24.5 Å². The van der Waals surface area contributed by atoms with Crippen molar-refractivity contribution in [3.05, 3.63) is 24.5 Å². The number of carbonyl (C=O) groups excluding carboxylic acids is 1. The number of amides is 1. The van der Waals surface area contributed by atoms with E-state index in [2.05, 4.69) is 10.3 Å². The Morgan fingerprint density at radius 2 is 1.93 bits per heavy atom. The van der Waals surface area contributed by atoms with Gasteiger partial charge in [-0.3, -0.25) is 9.78 Å². The molecule has 0 atom stereocenters. The van der Waals surface area contributed by atoms with Gasteiger partial charge < -0.3 is 10.2 Å². The first-order valence-electron chi connectivity index (χ1n) is 4.29. The molecular weight excluding hydrogens is 237 g/mol. The number of aromatic nitrogens is 1. The summed E-state index contributed by atoms with van der Waals surface area (Å²) in [5.74, 6) is 0.123. The number of nitrogens with zero attached hydrogens (tertiary/aromatic N) is 2. The second-order valence-electron chi connectivity index (χ2n) is 2.93. The fourth-order valence-electron chi connectivity index (χ4n) is 1.40. The number of pyridine rings is 1. The summed E-state index contributed by atoms with van der Waals surface area (Å²) in [5.41, 5.74) is 0.932. The second-order valence-corrected chi connectivity index (χ2v) is 2.93. The number of hydrogen-bond donors (Lipinski definition) is 1. The van der Waals surface area contributed by atoms with Crippen LogP contribution in [0.15, 0.2) is 24.5 Å². The van der Waals surface area contributed by atoms with Gasteiger partial charge in [-0.2, -0.15) is 0 Å². The lowest BCUT2D eigenvalue weighted by Crippen LogP contribution is -2.48. The highest BCUT2D eigenvalue weighted by Gasteiger charge is 2.18. The van der Waals surface area contributed by atoms with Crippen LogP contribution in [0.2, 0.25) is 0 Å². The van der Waals surface area contributed by atoms with Crippen LogP contribution in [0.4, 0.5) is 5.69 Å². The lowest BCUT2D eigenvalue weighted by atomic mass is 10.3. The molecule has 1 fully saturated rings. The number of anilines is 1. The molecule has 0 bridgehead atoms. The van der Waals surface area contributed by atoms with Crippen molar-refractivity contribution < 1.29 is 4.79 Å². The van der Waals surface area contributed by atoms with Gasteiger partial charge in [-0.1, -0.05) is 0 Å². The highest BCUT2D eigenvalue weighted by molar-refractivity contribution is 5.95. The summed E-state index contributed by atoms with van der Waals surface area (Å²) < 4.78 is 0. The van der Waals surface area contributed by atoms with Gasteiger partial charge in [-0.05, 0) is 12.1 Å². The average molecular weight is 250 g/mol. The van der Waals surface area contributed by atoms with Gasteiger partial charge >= 0.3 is 0 Å².